The van der Waals surface area contributed by atoms with Gasteiger partial charge < -0.3 is 9.84 Å². The summed E-state index contributed by atoms with van der Waals surface area (Å²) in [5.74, 6) is 0.956. The number of benzene rings is 1. The minimum Gasteiger partial charge on any atom is -0.496 e. The minimum absolute atomic E-state index is 0.278. The zero-order valence-electron chi connectivity index (χ0n) is 12.5. The third-order valence-electron chi connectivity index (χ3n) is 4.42. The summed E-state index contributed by atoms with van der Waals surface area (Å²) in [5, 5.41) is 18.5. The Bertz CT molecular complexity index is 712. The highest BCUT2D eigenvalue weighted by molar-refractivity contribution is 5.84. The van der Waals surface area contributed by atoms with Gasteiger partial charge in [0, 0.05) is 29.2 Å². The van der Waals surface area contributed by atoms with Gasteiger partial charge in [-0.05, 0) is 43.2 Å². The first-order chi connectivity index (χ1) is 10.7. The van der Waals surface area contributed by atoms with Crippen molar-refractivity contribution in [2.45, 2.75) is 31.7 Å². The molecule has 1 saturated carbocycles. The molecule has 22 heavy (non-hydrogen) atoms. The number of ether oxygens (including phenoxy) is 1. The number of hydrogen-bond donors (Lipinski definition) is 1. The first-order valence-corrected chi connectivity index (χ1v) is 7.48. The van der Waals surface area contributed by atoms with Crippen molar-refractivity contribution >= 4 is 16.6 Å². The smallest absolute Gasteiger partial charge is 0.130 e. The van der Waals surface area contributed by atoms with Gasteiger partial charge in [0.25, 0.3) is 0 Å². The van der Waals surface area contributed by atoms with Gasteiger partial charge in [-0.2, -0.15) is 5.10 Å². The van der Waals surface area contributed by atoms with Gasteiger partial charge >= 0.3 is 0 Å². The van der Waals surface area contributed by atoms with E-state index in [1.165, 1.54) is 0 Å². The van der Waals surface area contributed by atoms with E-state index in [2.05, 4.69) is 15.1 Å². The van der Waals surface area contributed by atoms with Crippen LogP contribution in [0.25, 0.3) is 21.3 Å². The SMILES string of the molecule is COc1cc2nn(C3CCC(CO)CC3)cc2cc1N=[N+]=[N-]. The van der Waals surface area contributed by atoms with Crippen LogP contribution in [0.3, 0.4) is 0 Å². The average molecular weight is 301 g/mol. The Morgan fingerprint density at radius 3 is 2.82 bits per heavy atom. The predicted octanol–water partition coefficient (Wildman–Crippen LogP) is 3.71. The lowest BCUT2D eigenvalue weighted by molar-refractivity contribution is 0.165. The number of methoxy groups -OCH3 is 1. The quantitative estimate of drug-likeness (QED) is 0.529. The van der Waals surface area contributed by atoms with Crippen LogP contribution in [-0.4, -0.2) is 28.6 Å². The van der Waals surface area contributed by atoms with Gasteiger partial charge in [0.2, 0.25) is 0 Å². The minimum atomic E-state index is 0.278. The Balaban J connectivity index is 1.91. The van der Waals surface area contributed by atoms with Crippen molar-refractivity contribution in [2.24, 2.45) is 11.0 Å². The van der Waals surface area contributed by atoms with Crippen LogP contribution >= 0.6 is 0 Å². The van der Waals surface area contributed by atoms with E-state index in [0.29, 0.717) is 23.4 Å². The zero-order valence-corrected chi connectivity index (χ0v) is 12.5. The fourth-order valence-corrected chi connectivity index (χ4v) is 3.13. The van der Waals surface area contributed by atoms with E-state index in [1.807, 2.05) is 10.9 Å². The summed E-state index contributed by atoms with van der Waals surface area (Å²) < 4.78 is 7.25. The molecule has 116 valence electrons. The van der Waals surface area contributed by atoms with Crippen LogP contribution < -0.4 is 4.74 Å². The molecular weight excluding hydrogens is 282 g/mol. The van der Waals surface area contributed by atoms with Crippen LogP contribution in [0.4, 0.5) is 5.69 Å². The van der Waals surface area contributed by atoms with E-state index in [-0.39, 0.29) is 6.61 Å². The van der Waals surface area contributed by atoms with Crippen molar-refractivity contribution in [1.82, 2.24) is 9.78 Å². The van der Waals surface area contributed by atoms with Gasteiger partial charge in [0.15, 0.2) is 0 Å². The van der Waals surface area contributed by atoms with Crippen molar-refractivity contribution in [3.8, 4) is 5.75 Å². The number of fused-ring (bicyclic) bond motifs is 1. The van der Waals surface area contributed by atoms with Crippen LogP contribution in [0.15, 0.2) is 23.4 Å². The normalized spacial score (nSPS) is 21.5. The van der Waals surface area contributed by atoms with E-state index in [0.717, 1.165) is 36.6 Å². The molecule has 0 amide bonds. The largest absolute Gasteiger partial charge is 0.496 e. The maximum atomic E-state index is 9.22. The summed E-state index contributed by atoms with van der Waals surface area (Å²) in [4.78, 5) is 2.83. The molecule has 1 aromatic heterocycles. The first-order valence-electron chi connectivity index (χ1n) is 7.48. The second-order valence-electron chi connectivity index (χ2n) is 5.74. The summed E-state index contributed by atoms with van der Waals surface area (Å²) in [6.45, 7) is 0.278. The van der Waals surface area contributed by atoms with E-state index >= 15 is 0 Å². The summed E-state index contributed by atoms with van der Waals surface area (Å²) in [6.07, 6.45) is 6.11. The number of aromatic nitrogens is 2. The van der Waals surface area contributed by atoms with Crippen LogP contribution in [0, 0.1) is 5.92 Å². The number of nitrogens with zero attached hydrogens (tertiary/aromatic N) is 5. The maximum absolute atomic E-state index is 9.22. The molecule has 0 atom stereocenters. The van der Waals surface area contributed by atoms with Gasteiger partial charge in [0.1, 0.15) is 5.75 Å². The molecule has 0 unspecified atom stereocenters. The maximum Gasteiger partial charge on any atom is 0.130 e. The van der Waals surface area contributed by atoms with Gasteiger partial charge in [0.05, 0.1) is 24.4 Å². The third kappa shape index (κ3) is 2.73. The standard InChI is InChI=1S/C15H19N5O2/c1-22-15-7-13-11(6-14(15)17-19-16)8-20(18-13)12-4-2-10(9-21)3-5-12/h6-8,10,12,21H,2-5,9H2,1H3. The van der Waals surface area contributed by atoms with E-state index in [4.69, 9.17) is 10.3 Å². The first kappa shape index (κ1) is 14.7. The van der Waals surface area contributed by atoms with E-state index < -0.39 is 0 Å². The Hall–Kier alpha value is -2.24. The summed E-state index contributed by atoms with van der Waals surface area (Å²) in [5.41, 5.74) is 9.94. The lowest BCUT2D eigenvalue weighted by atomic mass is 9.87. The summed E-state index contributed by atoms with van der Waals surface area (Å²) in [6, 6.07) is 3.97. The monoisotopic (exact) mass is 301 g/mol. The number of rotatable bonds is 4. The van der Waals surface area contributed by atoms with Crippen LogP contribution in [-0.2, 0) is 0 Å². The second kappa shape index (κ2) is 6.25. The summed E-state index contributed by atoms with van der Waals surface area (Å²) >= 11 is 0. The van der Waals surface area contributed by atoms with Crippen LogP contribution in [0.5, 0.6) is 5.75 Å². The fraction of sp³-hybridized carbons (Fsp3) is 0.533. The average Bonchev–Trinajstić information content (AvgIpc) is 2.97. The Labute approximate surface area is 128 Å². The number of azide groups is 1. The van der Waals surface area contributed by atoms with Gasteiger partial charge in [-0.25, -0.2) is 0 Å². The molecule has 0 radical (unpaired) electrons. The van der Waals surface area contributed by atoms with Crippen molar-refractivity contribution in [2.75, 3.05) is 13.7 Å². The molecule has 1 aromatic carbocycles. The van der Waals surface area contributed by atoms with E-state index in [9.17, 15) is 5.11 Å². The molecule has 0 bridgehead atoms. The van der Waals surface area contributed by atoms with Crippen molar-refractivity contribution < 1.29 is 9.84 Å². The highest BCUT2D eigenvalue weighted by Crippen LogP contribution is 2.35. The molecule has 1 aliphatic rings. The number of aliphatic hydroxyl groups is 1. The molecule has 1 aliphatic carbocycles. The molecule has 1 N–H and O–H groups in total. The Morgan fingerprint density at radius 2 is 2.18 bits per heavy atom. The highest BCUT2D eigenvalue weighted by atomic mass is 16.5. The van der Waals surface area contributed by atoms with Gasteiger partial charge in [-0.1, -0.05) is 5.11 Å². The summed E-state index contributed by atoms with van der Waals surface area (Å²) in [7, 11) is 1.55. The molecule has 7 nitrogen and oxygen atoms in total. The topological polar surface area (TPSA) is 96.0 Å². The lowest BCUT2D eigenvalue weighted by Crippen LogP contribution is -2.20. The lowest BCUT2D eigenvalue weighted by Gasteiger charge is -2.27. The zero-order chi connectivity index (χ0) is 15.5. The molecule has 0 saturated heterocycles. The molecule has 1 fully saturated rings. The molecule has 3 rings (SSSR count). The molecule has 1 heterocycles. The van der Waals surface area contributed by atoms with Gasteiger partial charge in [-0.3, -0.25) is 4.68 Å². The van der Waals surface area contributed by atoms with Crippen LogP contribution in [0.2, 0.25) is 0 Å². The number of aliphatic hydroxyl groups excluding tert-OH is 1. The van der Waals surface area contributed by atoms with Crippen molar-refractivity contribution in [1.29, 1.82) is 0 Å². The second-order valence-corrected chi connectivity index (χ2v) is 5.74. The molecule has 0 aliphatic heterocycles. The fourth-order valence-electron chi connectivity index (χ4n) is 3.13. The van der Waals surface area contributed by atoms with Gasteiger partial charge in [-0.15, -0.1) is 0 Å². The van der Waals surface area contributed by atoms with Crippen molar-refractivity contribution in [3.05, 3.63) is 28.8 Å². The molecule has 0 spiro atoms. The Morgan fingerprint density at radius 1 is 1.41 bits per heavy atom. The van der Waals surface area contributed by atoms with Crippen LogP contribution in [0.1, 0.15) is 31.7 Å². The van der Waals surface area contributed by atoms with Crippen molar-refractivity contribution in [3.63, 3.8) is 0 Å². The predicted molar refractivity (Wildman–Crippen MR) is 83.2 cm³/mol. The molecule has 7 heteroatoms. The molecular formula is C15H19N5O2. The highest BCUT2D eigenvalue weighted by Gasteiger charge is 2.22. The molecule has 2 aromatic rings. The van der Waals surface area contributed by atoms with E-state index in [1.54, 1.807) is 19.2 Å². The number of hydrogen-bond acceptors (Lipinski definition) is 4. The third-order valence-corrected chi connectivity index (χ3v) is 4.42. The Kier molecular flexibility index (Phi) is 4.18.